The molecule has 4 N–H and O–H groups in total. The maximum absolute atomic E-state index is 12.5. The van der Waals surface area contributed by atoms with Crippen LogP contribution in [0, 0.1) is 11.3 Å². The minimum Gasteiger partial charge on any atom is -0.471 e. The third-order valence-corrected chi connectivity index (χ3v) is 6.95. The second kappa shape index (κ2) is 18.2. The van der Waals surface area contributed by atoms with Crippen LogP contribution in [0.25, 0.3) is 17.2 Å². The number of hydrogen-bond donors (Lipinski definition) is 3. The number of aromatic amines is 1. The molecule has 0 aliphatic rings. The molecule has 0 bridgehead atoms. The molecule has 15 heteroatoms. The number of aromatic nitrogens is 4. The second-order valence-electron chi connectivity index (χ2n) is 11.9. The lowest BCUT2D eigenvalue weighted by Gasteiger charge is -2.25. The average molecular weight is 687 g/mol. The van der Waals surface area contributed by atoms with Crippen LogP contribution in [-0.2, 0) is 36.9 Å². The summed E-state index contributed by atoms with van der Waals surface area (Å²) in [4.78, 5) is 42.1. The first kappa shape index (κ1) is 37.1. The third kappa shape index (κ3) is 11.8. The van der Waals surface area contributed by atoms with Crippen molar-refractivity contribution >= 4 is 40.9 Å². The summed E-state index contributed by atoms with van der Waals surface area (Å²) < 4.78 is 27.3. The molecule has 4 aromatic rings. The van der Waals surface area contributed by atoms with E-state index in [2.05, 4.69) is 25.3 Å². The van der Waals surface area contributed by atoms with Gasteiger partial charge >= 0.3 is 12.1 Å². The molecule has 0 aliphatic carbocycles. The molecule has 264 valence electrons. The lowest BCUT2D eigenvalue weighted by Crippen LogP contribution is -2.33. The number of benzene rings is 2. The zero-order chi connectivity index (χ0) is 35.9. The Morgan fingerprint density at radius 2 is 1.72 bits per heavy atom. The van der Waals surface area contributed by atoms with Crippen molar-refractivity contribution in [1.29, 1.82) is 5.26 Å². The van der Waals surface area contributed by atoms with E-state index >= 15 is 0 Å². The van der Waals surface area contributed by atoms with Crippen molar-refractivity contribution in [3.05, 3.63) is 77.1 Å². The van der Waals surface area contributed by atoms with Gasteiger partial charge in [0.15, 0.2) is 5.65 Å². The largest absolute Gasteiger partial charge is 0.471 e. The molecule has 0 atom stereocenters. The van der Waals surface area contributed by atoms with Crippen LogP contribution < -0.4 is 20.7 Å². The van der Waals surface area contributed by atoms with E-state index in [0.717, 1.165) is 16.8 Å². The molecule has 15 nitrogen and oxygen atoms in total. The molecule has 0 saturated heterocycles. The Morgan fingerprint density at radius 1 is 1.00 bits per heavy atom. The standard InChI is InChI=1S/C35H42N8O7/c1-35(2,3)50-32(44)27(20-36)19-24-9-11-28(12-10-24)43(13-15-47-18-17-46-4)14-16-48-34(45)38-21-25-5-7-26(8-6-25)22-49-31-29-30(40-23-39-29)41-33(37)42-31/h5-12,19,23H,13-18,21-22H2,1-4H3,(H,38,45)(H3,37,39,40,41,42)/b27-19+. The summed E-state index contributed by atoms with van der Waals surface area (Å²) in [6.07, 6.45) is 2.43. The average Bonchev–Trinajstić information content (AvgIpc) is 3.56. The van der Waals surface area contributed by atoms with E-state index < -0.39 is 17.7 Å². The number of ether oxygens (including phenoxy) is 5. The zero-order valence-corrected chi connectivity index (χ0v) is 28.6. The van der Waals surface area contributed by atoms with Crippen molar-refractivity contribution in [2.24, 2.45) is 0 Å². The number of nitrogens with zero attached hydrogens (tertiary/aromatic N) is 5. The Morgan fingerprint density at radius 3 is 2.42 bits per heavy atom. The molecule has 2 aromatic heterocycles. The zero-order valence-electron chi connectivity index (χ0n) is 28.6. The van der Waals surface area contributed by atoms with Gasteiger partial charge in [0.25, 0.3) is 0 Å². The van der Waals surface area contributed by atoms with Gasteiger partial charge in [-0.3, -0.25) is 0 Å². The maximum Gasteiger partial charge on any atom is 0.407 e. The molecular formula is C35H42N8O7. The highest BCUT2D eigenvalue weighted by Crippen LogP contribution is 2.21. The van der Waals surface area contributed by atoms with Gasteiger partial charge in [-0.15, -0.1) is 0 Å². The number of imidazole rings is 1. The molecule has 0 aliphatic heterocycles. The van der Waals surface area contributed by atoms with Gasteiger partial charge in [0.05, 0.1) is 32.7 Å². The van der Waals surface area contributed by atoms with Gasteiger partial charge in [-0.05, 0) is 55.7 Å². The van der Waals surface area contributed by atoms with Crippen LogP contribution in [-0.4, -0.2) is 84.2 Å². The summed E-state index contributed by atoms with van der Waals surface area (Å²) in [5.41, 5.74) is 9.21. The summed E-state index contributed by atoms with van der Waals surface area (Å²) in [5, 5.41) is 12.3. The number of amides is 1. The van der Waals surface area contributed by atoms with Crippen molar-refractivity contribution in [3.8, 4) is 11.9 Å². The SMILES string of the molecule is COCCOCCN(CCOC(=O)NCc1ccc(COc2nc(N)nc3nc[nH]c23)cc1)c1ccc(/C=C(\C#N)C(=O)OC(C)(C)C)cc1. The summed E-state index contributed by atoms with van der Waals surface area (Å²) >= 11 is 0. The molecule has 0 spiro atoms. The van der Waals surface area contributed by atoms with Crippen molar-refractivity contribution in [1.82, 2.24) is 25.3 Å². The normalized spacial score (nSPS) is 11.5. The van der Waals surface area contributed by atoms with Crippen LogP contribution in [0.2, 0.25) is 0 Å². The van der Waals surface area contributed by atoms with E-state index in [4.69, 9.17) is 29.4 Å². The molecule has 0 fully saturated rings. The van der Waals surface area contributed by atoms with Gasteiger partial charge in [0, 0.05) is 25.9 Å². The molecular weight excluding hydrogens is 644 g/mol. The predicted molar refractivity (Wildman–Crippen MR) is 186 cm³/mol. The number of rotatable bonds is 17. The fraction of sp³-hybridized carbons (Fsp3) is 0.371. The number of fused-ring (bicyclic) bond motifs is 1. The van der Waals surface area contributed by atoms with Crippen LogP contribution in [0.3, 0.4) is 0 Å². The van der Waals surface area contributed by atoms with Crippen molar-refractivity contribution in [3.63, 3.8) is 0 Å². The van der Waals surface area contributed by atoms with Crippen molar-refractivity contribution < 1.29 is 33.3 Å². The smallest absolute Gasteiger partial charge is 0.407 e. The van der Waals surface area contributed by atoms with E-state index in [1.54, 1.807) is 40.0 Å². The fourth-order valence-corrected chi connectivity index (χ4v) is 4.51. The van der Waals surface area contributed by atoms with Crippen molar-refractivity contribution in [2.75, 3.05) is 57.3 Å². The monoisotopic (exact) mass is 686 g/mol. The van der Waals surface area contributed by atoms with Gasteiger partial charge in [-0.25, -0.2) is 14.6 Å². The van der Waals surface area contributed by atoms with E-state index in [1.165, 1.54) is 12.4 Å². The number of carbonyl (C=O) groups is 2. The molecule has 2 aromatic carbocycles. The number of alkyl carbamates (subject to hydrolysis) is 1. The Balaban J connectivity index is 1.27. The summed E-state index contributed by atoms with van der Waals surface area (Å²) in [5.74, 6) is -0.295. The van der Waals surface area contributed by atoms with Crippen LogP contribution in [0.15, 0.2) is 60.4 Å². The molecule has 4 rings (SSSR count). The molecule has 1 amide bonds. The first-order valence-electron chi connectivity index (χ1n) is 15.9. The van der Waals surface area contributed by atoms with Gasteiger partial charge in [-0.1, -0.05) is 36.4 Å². The van der Waals surface area contributed by atoms with E-state index in [0.29, 0.717) is 55.5 Å². The van der Waals surface area contributed by atoms with Gasteiger partial charge in [0.2, 0.25) is 11.8 Å². The fourth-order valence-electron chi connectivity index (χ4n) is 4.51. The highest BCUT2D eigenvalue weighted by Gasteiger charge is 2.20. The summed E-state index contributed by atoms with van der Waals surface area (Å²) in [6.45, 7) is 8.16. The molecule has 0 radical (unpaired) electrons. The number of esters is 1. The number of nitrogens with one attached hydrogen (secondary N) is 2. The number of H-pyrrole nitrogens is 1. The number of nitrogens with two attached hydrogens (primary N) is 1. The Hall–Kier alpha value is -5.72. The van der Waals surface area contributed by atoms with Crippen LogP contribution in [0.1, 0.15) is 37.5 Å². The number of hydrogen-bond acceptors (Lipinski definition) is 13. The minimum atomic E-state index is -0.714. The van der Waals surface area contributed by atoms with Gasteiger partial charge in [0.1, 0.15) is 36.0 Å². The molecule has 2 heterocycles. The number of methoxy groups -OCH3 is 1. The van der Waals surface area contributed by atoms with Crippen molar-refractivity contribution in [2.45, 2.75) is 39.5 Å². The minimum absolute atomic E-state index is 0.0728. The summed E-state index contributed by atoms with van der Waals surface area (Å²) in [7, 11) is 1.61. The first-order chi connectivity index (χ1) is 24.0. The molecule has 50 heavy (non-hydrogen) atoms. The predicted octanol–water partition coefficient (Wildman–Crippen LogP) is 4.16. The maximum atomic E-state index is 12.5. The quantitative estimate of drug-likeness (QED) is 0.0620. The van der Waals surface area contributed by atoms with Crippen LogP contribution in [0.4, 0.5) is 16.4 Å². The Bertz CT molecular complexity index is 1780. The summed E-state index contributed by atoms with van der Waals surface area (Å²) in [6, 6.07) is 16.8. The van der Waals surface area contributed by atoms with E-state index in [9.17, 15) is 14.9 Å². The second-order valence-corrected chi connectivity index (χ2v) is 11.9. The molecule has 0 unspecified atom stereocenters. The number of anilines is 2. The molecule has 0 saturated carbocycles. The third-order valence-electron chi connectivity index (χ3n) is 6.95. The first-order valence-corrected chi connectivity index (χ1v) is 15.9. The van der Waals surface area contributed by atoms with E-state index in [1.807, 2.05) is 47.4 Å². The van der Waals surface area contributed by atoms with Crippen LogP contribution in [0.5, 0.6) is 5.88 Å². The highest BCUT2D eigenvalue weighted by molar-refractivity contribution is 5.98. The topological polar surface area (TPSA) is 200 Å². The van der Waals surface area contributed by atoms with E-state index in [-0.39, 0.29) is 31.3 Å². The van der Waals surface area contributed by atoms with Gasteiger partial charge < -0.3 is 44.6 Å². The number of nitrogen functional groups attached to an aromatic ring is 1. The Kier molecular flexibility index (Phi) is 13.5. The highest BCUT2D eigenvalue weighted by atomic mass is 16.6. The number of nitriles is 1. The Labute approximate surface area is 290 Å². The van der Waals surface area contributed by atoms with Crippen LogP contribution >= 0.6 is 0 Å². The lowest BCUT2D eigenvalue weighted by molar-refractivity contribution is -0.149. The van der Waals surface area contributed by atoms with Gasteiger partial charge in [-0.2, -0.15) is 15.2 Å². The lowest BCUT2D eigenvalue weighted by atomic mass is 10.1. The number of carbonyl (C=O) groups excluding carboxylic acids is 2.